The van der Waals surface area contributed by atoms with Crippen LogP contribution in [0.2, 0.25) is 5.02 Å². The monoisotopic (exact) mass is 388 g/mol. The van der Waals surface area contributed by atoms with E-state index >= 15 is 0 Å². The molecule has 1 amide bonds. The average Bonchev–Trinajstić information content (AvgIpc) is 2.71. The Morgan fingerprint density at radius 3 is 2.07 bits per heavy atom. The summed E-state index contributed by atoms with van der Waals surface area (Å²) in [5, 5.41) is 0.722. The molecule has 0 N–H and O–H groups in total. The Morgan fingerprint density at radius 1 is 1.00 bits per heavy atom. The molecule has 1 unspecified atom stereocenters. The van der Waals surface area contributed by atoms with Gasteiger partial charge in [-0.1, -0.05) is 35.9 Å². The predicted octanol–water partition coefficient (Wildman–Crippen LogP) is 4.21. The van der Waals surface area contributed by atoms with Crippen molar-refractivity contribution in [1.82, 2.24) is 9.80 Å². The quantitative estimate of drug-likeness (QED) is 0.769. The summed E-state index contributed by atoms with van der Waals surface area (Å²) in [7, 11) is 1.67. The number of methoxy groups -OCH3 is 1. The lowest BCUT2D eigenvalue weighted by Gasteiger charge is -2.39. The maximum Gasteiger partial charge on any atom is 0.409 e. The number of rotatable bonds is 5. The molecule has 1 fully saturated rings. The van der Waals surface area contributed by atoms with E-state index in [0.29, 0.717) is 19.7 Å². The van der Waals surface area contributed by atoms with Crippen LogP contribution >= 0.6 is 11.6 Å². The molecule has 0 radical (unpaired) electrons. The Labute approximate surface area is 165 Å². The van der Waals surface area contributed by atoms with Crippen molar-refractivity contribution in [3.63, 3.8) is 0 Å². The van der Waals surface area contributed by atoms with Crippen LogP contribution in [-0.4, -0.2) is 55.8 Å². The van der Waals surface area contributed by atoms with Crippen molar-refractivity contribution in [2.24, 2.45) is 0 Å². The molecule has 144 valence electrons. The van der Waals surface area contributed by atoms with E-state index in [9.17, 15) is 4.79 Å². The van der Waals surface area contributed by atoms with E-state index < -0.39 is 0 Å². The number of hydrogen-bond acceptors (Lipinski definition) is 4. The fourth-order valence-corrected chi connectivity index (χ4v) is 3.55. The number of benzene rings is 2. The third kappa shape index (κ3) is 4.73. The van der Waals surface area contributed by atoms with E-state index in [1.807, 2.05) is 31.2 Å². The third-order valence-electron chi connectivity index (χ3n) is 4.82. The first-order valence-electron chi connectivity index (χ1n) is 9.17. The first-order valence-corrected chi connectivity index (χ1v) is 9.55. The maximum absolute atomic E-state index is 12.0. The van der Waals surface area contributed by atoms with Gasteiger partial charge in [0.2, 0.25) is 0 Å². The van der Waals surface area contributed by atoms with Gasteiger partial charge < -0.3 is 14.4 Å². The fraction of sp³-hybridized carbons (Fsp3) is 0.381. The van der Waals surface area contributed by atoms with Crippen molar-refractivity contribution in [3.8, 4) is 5.75 Å². The molecule has 1 heterocycles. The zero-order valence-corrected chi connectivity index (χ0v) is 16.5. The molecule has 0 bridgehead atoms. The van der Waals surface area contributed by atoms with Gasteiger partial charge in [0.15, 0.2) is 0 Å². The van der Waals surface area contributed by atoms with Crippen molar-refractivity contribution < 1.29 is 14.3 Å². The summed E-state index contributed by atoms with van der Waals surface area (Å²) in [6.45, 7) is 5.08. The number of nitrogens with zero attached hydrogens (tertiary/aromatic N) is 2. The van der Waals surface area contributed by atoms with Gasteiger partial charge in [-0.3, -0.25) is 4.90 Å². The summed E-state index contributed by atoms with van der Waals surface area (Å²) in [6, 6.07) is 16.2. The van der Waals surface area contributed by atoms with Crippen LogP contribution in [0.25, 0.3) is 0 Å². The molecule has 2 aromatic rings. The standard InChI is InChI=1S/C21H25ClN2O3/c1-3-27-21(25)24-14-12-23(13-15-24)20(16-4-8-18(22)9-5-16)17-6-10-19(26-2)11-7-17/h4-11,20H,3,12-15H2,1-2H3. The lowest BCUT2D eigenvalue weighted by molar-refractivity contribution is 0.0715. The molecule has 0 saturated carbocycles. The number of piperazine rings is 1. The highest BCUT2D eigenvalue weighted by atomic mass is 35.5. The Bertz CT molecular complexity index is 741. The molecule has 5 nitrogen and oxygen atoms in total. The third-order valence-corrected chi connectivity index (χ3v) is 5.07. The summed E-state index contributed by atoms with van der Waals surface area (Å²) in [4.78, 5) is 16.1. The van der Waals surface area contributed by atoms with E-state index in [1.165, 1.54) is 11.1 Å². The van der Waals surface area contributed by atoms with Gasteiger partial charge >= 0.3 is 6.09 Å². The van der Waals surface area contributed by atoms with Crippen LogP contribution < -0.4 is 4.74 Å². The highest BCUT2D eigenvalue weighted by Gasteiger charge is 2.28. The van der Waals surface area contributed by atoms with Crippen molar-refractivity contribution in [2.75, 3.05) is 39.9 Å². The van der Waals surface area contributed by atoms with Crippen LogP contribution in [0, 0.1) is 0 Å². The maximum atomic E-state index is 12.0. The molecule has 0 aromatic heterocycles. The second-order valence-electron chi connectivity index (χ2n) is 6.45. The summed E-state index contributed by atoms with van der Waals surface area (Å²) in [5.41, 5.74) is 2.36. The van der Waals surface area contributed by atoms with Gasteiger partial charge in [0.05, 0.1) is 19.8 Å². The van der Waals surface area contributed by atoms with Crippen LogP contribution in [0.4, 0.5) is 4.79 Å². The molecule has 1 saturated heterocycles. The van der Waals surface area contributed by atoms with Crippen LogP contribution in [0.3, 0.4) is 0 Å². The van der Waals surface area contributed by atoms with Crippen molar-refractivity contribution >= 4 is 17.7 Å². The van der Waals surface area contributed by atoms with Gasteiger partial charge in [0, 0.05) is 31.2 Å². The van der Waals surface area contributed by atoms with Gasteiger partial charge in [-0.2, -0.15) is 0 Å². The second-order valence-corrected chi connectivity index (χ2v) is 6.89. The molecule has 1 aliphatic rings. The minimum atomic E-state index is -0.232. The van der Waals surface area contributed by atoms with Gasteiger partial charge in [-0.05, 0) is 42.3 Å². The van der Waals surface area contributed by atoms with E-state index in [1.54, 1.807) is 12.0 Å². The van der Waals surface area contributed by atoms with Crippen LogP contribution in [0.1, 0.15) is 24.1 Å². The number of amides is 1. The summed E-state index contributed by atoms with van der Waals surface area (Å²) in [6.07, 6.45) is -0.232. The molecule has 6 heteroatoms. The topological polar surface area (TPSA) is 42.0 Å². The molecule has 27 heavy (non-hydrogen) atoms. The van der Waals surface area contributed by atoms with Gasteiger partial charge in [-0.15, -0.1) is 0 Å². The van der Waals surface area contributed by atoms with E-state index in [2.05, 4.69) is 29.2 Å². The minimum Gasteiger partial charge on any atom is -0.497 e. The largest absolute Gasteiger partial charge is 0.497 e. The summed E-state index contributed by atoms with van der Waals surface area (Å²) >= 11 is 6.08. The van der Waals surface area contributed by atoms with Crippen LogP contribution in [0.15, 0.2) is 48.5 Å². The van der Waals surface area contributed by atoms with E-state index in [-0.39, 0.29) is 12.1 Å². The Balaban J connectivity index is 1.82. The molecule has 2 aromatic carbocycles. The highest BCUT2D eigenvalue weighted by molar-refractivity contribution is 6.30. The Hall–Kier alpha value is -2.24. The predicted molar refractivity (Wildman–Crippen MR) is 106 cm³/mol. The lowest BCUT2D eigenvalue weighted by atomic mass is 9.96. The normalized spacial score (nSPS) is 16.0. The average molecular weight is 389 g/mol. The summed E-state index contributed by atoms with van der Waals surface area (Å²) < 4.78 is 10.4. The van der Waals surface area contributed by atoms with Gasteiger partial charge in [0.25, 0.3) is 0 Å². The number of halogens is 1. The molecule has 0 aliphatic carbocycles. The lowest BCUT2D eigenvalue weighted by Crippen LogP contribution is -2.50. The van der Waals surface area contributed by atoms with Crippen molar-refractivity contribution in [2.45, 2.75) is 13.0 Å². The molecule has 3 rings (SSSR count). The zero-order chi connectivity index (χ0) is 19.2. The first kappa shape index (κ1) is 19.5. The number of carbonyl (C=O) groups excluding carboxylic acids is 1. The molecular formula is C21H25ClN2O3. The molecular weight excluding hydrogens is 364 g/mol. The molecule has 1 atom stereocenters. The fourth-order valence-electron chi connectivity index (χ4n) is 3.42. The summed E-state index contributed by atoms with van der Waals surface area (Å²) in [5.74, 6) is 0.834. The molecule has 1 aliphatic heterocycles. The second kappa shape index (κ2) is 9.11. The SMILES string of the molecule is CCOC(=O)N1CCN(C(c2ccc(Cl)cc2)c2ccc(OC)cc2)CC1. The Kier molecular flexibility index (Phi) is 6.58. The first-order chi connectivity index (χ1) is 13.1. The molecule has 0 spiro atoms. The minimum absolute atomic E-state index is 0.0949. The number of ether oxygens (including phenoxy) is 2. The van der Waals surface area contributed by atoms with E-state index in [0.717, 1.165) is 23.9 Å². The van der Waals surface area contributed by atoms with Crippen molar-refractivity contribution in [3.05, 3.63) is 64.7 Å². The van der Waals surface area contributed by atoms with E-state index in [4.69, 9.17) is 21.1 Å². The van der Waals surface area contributed by atoms with Crippen LogP contribution in [-0.2, 0) is 4.74 Å². The number of carbonyl (C=O) groups is 1. The van der Waals surface area contributed by atoms with Crippen LogP contribution in [0.5, 0.6) is 5.75 Å². The highest BCUT2D eigenvalue weighted by Crippen LogP contribution is 2.31. The van der Waals surface area contributed by atoms with Crippen molar-refractivity contribution in [1.29, 1.82) is 0 Å². The number of hydrogen-bond donors (Lipinski definition) is 0. The van der Waals surface area contributed by atoms with Gasteiger partial charge in [0.1, 0.15) is 5.75 Å². The van der Waals surface area contributed by atoms with Gasteiger partial charge in [-0.25, -0.2) is 4.79 Å². The Morgan fingerprint density at radius 2 is 1.56 bits per heavy atom. The zero-order valence-electron chi connectivity index (χ0n) is 15.7. The smallest absolute Gasteiger partial charge is 0.409 e.